The van der Waals surface area contributed by atoms with Crippen molar-refractivity contribution in [2.24, 2.45) is 17.7 Å². The molecular formula is C12H16N4O3. The molecule has 0 heterocycles. The zero-order valence-corrected chi connectivity index (χ0v) is 10.6. The number of benzene rings is 1. The highest BCUT2D eigenvalue weighted by Gasteiger charge is 2.32. The molecule has 1 aromatic rings. The molecule has 2 atom stereocenters. The number of carbonyl (C=O) groups is 1. The summed E-state index contributed by atoms with van der Waals surface area (Å²) in [5.74, 6) is 6.10. The van der Waals surface area contributed by atoms with Crippen LogP contribution in [0.3, 0.4) is 0 Å². The van der Waals surface area contributed by atoms with Crippen molar-refractivity contribution in [2.45, 2.75) is 13.3 Å². The predicted molar refractivity (Wildman–Crippen MR) is 70.5 cm³/mol. The summed E-state index contributed by atoms with van der Waals surface area (Å²) in [6.07, 6.45) is 1.11. The van der Waals surface area contributed by atoms with Gasteiger partial charge in [0.1, 0.15) is 0 Å². The maximum atomic E-state index is 12.0. The van der Waals surface area contributed by atoms with E-state index in [0.29, 0.717) is 24.1 Å². The Morgan fingerprint density at radius 1 is 1.58 bits per heavy atom. The highest BCUT2D eigenvalue weighted by Crippen LogP contribution is 2.36. The van der Waals surface area contributed by atoms with Crippen molar-refractivity contribution >= 4 is 17.3 Å². The van der Waals surface area contributed by atoms with E-state index in [1.54, 1.807) is 0 Å². The molecular weight excluding hydrogens is 248 g/mol. The number of nitro benzene ring substituents is 1. The van der Waals surface area contributed by atoms with Crippen molar-refractivity contribution in [1.82, 2.24) is 5.32 Å². The summed E-state index contributed by atoms with van der Waals surface area (Å²) in [6.45, 7) is 2.71. The van der Waals surface area contributed by atoms with Gasteiger partial charge in [0.2, 0.25) is 0 Å². The van der Waals surface area contributed by atoms with Crippen LogP contribution in [0.1, 0.15) is 23.7 Å². The summed E-state index contributed by atoms with van der Waals surface area (Å²) in [5, 5.41) is 13.5. The van der Waals surface area contributed by atoms with Gasteiger partial charge in [0.25, 0.3) is 11.6 Å². The number of rotatable bonds is 5. The number of amides is 1. The number of hydrogen-bond acceptors (Lipinski definition) is 5. The number of nitrogens with zero attached hydrogens (tertiary/aromatic N) is 1. The average Bonchev–Trinajstić information content (AvgIpc) is 3.11. The summed E-state index contributed by atoms with van der Waals surface area (Å²) in [5.41, 5.74) is 2.79. The molecule has 1 saturated carbocycles. The fraction of sp³-hybridized carbons (Fsp3) is 0.417. The Balaban J connectivity index is 2.13. The van der Waals surface area contributed by atoms with E-state index in [1.165, 1.54) is 18.2 Å². The van der Waals surface area contributed by atoms with E-state index < -0.39 is 4.92 Å². The largest absolute Gasteiger partial charge is 0.352 e. The van der Waals surface area contributed by atoms with Gasteiger partial charge < -0.3 is 10.7 Å². The number of hydrazine groups is 1. The van der Waals surface area contributed by atoms with Crippen LogP contribution in [0, 0.1) is 22.0 Å². The Kier molecular flexibility index (Phi) is 3.66. The Bertz CT molecular complexity index is 518. The van der Waals surface area contributed by atoms with E-state index in [9.17, 15) is 14.9 Å². The molecule has 4 N–H and O–H groups in total. The van der Waals surface area contributed by atoms with Gasteiger partial charge in [-0.05, 0) is 24.3 Å². The third-order valence-electron chi connectivity index (χ3n) is 3.42. The molecule has 0 aromatic heterocycles. The zero-order chi connectivity index (χ0) is 14.0. The lowest BCUT2D eigenvalue weighted by Crippen LogP contribution is -2.27. The fourth-order valence-corrected chi connectivity index (χ4v) is 1.96. The maximum Gasteiger partial charge on any atom is 0.270 e. The van der Waals surface area contributed by atoms with E-state index >= 15 is 0 Å². The van der Waals surface area contributed by atoms with E-state index in [0.717, 1.165) is 6.42 Å². The van der Waals surface area contributed by atoms with Crippen LogP contribution in [0.25, 0.3) is 0 Å². The second-order valence-electron chi connectivity index (χ2n) is 4.81. The van der Waals surface area contributed by atoms with Crippen molar-refractivity contribution < 1.29 is 9.72 Å². The van der Waals surface area contributed by atoms with E-state index in [-0.39, 0.29) is 17.2 Å². The molecule has 102 valence electrons. The first kappa shape index (κ1) is 13.3. The van der Waals surface area contributed by atoms with Gasteiger partial charge in [-0.3, -0.25) is 20.8 Å². The number of carbonyl (C=O) groups excluding carboxylic acids is 1. The summed E-state index contributed by atoms with van der Waals surface area (Å²) in [7, 11) is 0. The lowest BCUT2D eigenvalue weighted by atomic mass is 10.1. The minimum absolute atomic E-state index is 0.135. The molecule has 1 aliphatic carbocycles. The standard InChI is InChI=1S/C12H16N4O3/c1-7-4-8(7)6-14-12(17)10-5-9(16(18)19)2-3-11(10)15-13/h2-3,5,7-8,15H,4,6,13H2,1H3,(H,14,17). The molecule has 0 spiro atoms. The van der Waals surface area contributed by atoms with Crippen molar-refractivity contribution in [1.29, 1.82) is 0 Å². The third-order valence-corrected chi connectivity index (χ3v) is 3.42. The molecule has 1 aliphatic rings. The van der Waals surface area contributed by atoms with Crippen LogP contribution in [-0.4, -0.2) is 17.4 Å². The summed E-state index contributed by atoms with van der Waals surface area (Å²) in [4.78, 5) is 22.2. The monoisotopic (exact) mass is 264 g/mol. The van der Waals surface area contributed by atoms with E-state index in [4.69, 9.17) is 5.84 Å². The lowest BCUT2D eigenvalue weighted by molar-refractivity contribution is -0.384. The second kappa shape index (κ2) is 5.23. The number of hydrogen-bond donors (Lipinski definition) is 3. The molecule has 2 rings (SSSR count). The number of nitrogen functional groups attached to an aromatic ring is 1. The van der Waals surface area contributed by atoms with Crippen molar-refractivity contribution in [3.8, 4) is 0 Å². The SMILES string of the molecule is CC1CC1CNC(=O)c1cc([N+](=O)[O-])ccc1NN. The molecule has 7 nitrogen and oxygen atoms in total. The molecule has 1 aromatic carbocycles. The van der Waals surface area contributed by atoms with Gasteiger partial charge in [-0.15, -0.1) is 0 Å². The minimum atomic E-state index is -0.542. The Morgan fingerprint density at radius 2 is 2.26 bits per heavy atom. The summed E-state index contributed by atoms with van der Waals surface area (Å²) >= 11 is 0. The molecule has 19 heavy (non-hydrogen) atoms. The smallest absolute Gasteiger partial charge is 0.270 e. The van der Waals surface area contributed by atoms with Gasteiger partial charge in [-0.2, -0.15) is 0 Å². The summed E-state index contributed by atoms with van der Waals surface area (Å²) in [6, 6.07) is 3.95. The van der Waals surface area contributed by atoms with Gasteiger partial charge in [-0.25, -0.2) is 0 Å². The molecule has 0 radical (unpaired) electrons. The number of nitro groups is 1. The van der Waals surface area contributed by atoms with Crippen molar-refractivity contribution in [2.75, 3.05) is 12.0 Å². The quantitative estimate of drug-likeness (QED) is 0.421. The van der Waals surface area contributed by atoms with E-state index in [2.05, 4.69) is 17.7 Å². The van der Waals surface area contributed by atoms with Gasteiger partial charge in [-0.1, -0.05) is 6.92 Å². The average molecular weight is 264 g/mol. The van der Waals surface area contributed by atoms with E-state index in [1.807, 2.05) is 0 Å². The van der Waals surface area contributed by atoms with Crippen LogP contribution in [0.5, 0.6) is 0 Å². The molecule has 1 fully saturated rings. The van der Waals surface area contributed by atoms with Crippen LogP contribution < -0.4 is 16.6 Å². The second-order valence-corrected chi connectivity index (χ2v) is 4.81. The Labute approximate surface area is 110 Å². The number of non-ortho nitro benzene ring substituents is 1. The topological polar surface area (TPSA) is 110 Å². The van der Waals surface area contributed by atoms with Gasteiger partial charge in [0, 0.05) is 18.7 Å². The minimum Gasteiger partial charge on any atom is -0.352 e. The molecule has 0 bridgehead atoms. The Morgan fingerprint density at radius 3 is 2.79 bits per heavy atom. The Hall–Kier alpha value is -2.15. The number of nitrogens with two attached hydrogens (primary N) is 1. The predicted octanol–water partition coefficient (Wildman–Crippen LogP) is 1.27. The number of anilines is 1. The maximum absolute atomic E-state index is 12.0. The first-order valence-corrected chi connectivity index (χ1v) is 6.06. The van der Waals surface area contributed by atoms with Gasteiger partial charge in [0.05, 0.1) is 16.2 Å². The molecule has 7 heteroatoms. The van der Waals surface area contributed by atoms with Gasteiger partial charge in [0.15, 0.2) is 0 Å². The van der Waals surface area contributed by atoms with Crippen molar-refractivity contribution in [3.63, 3.8) is 0 Å². The number of nitrogens with one attached hydrogen (secondary N) is 2. The summed E-state index contributed by atoms with van der Waals surface area (Å²) < 4.78 is 0. The highest BCUT2D eigenvalue weighted by atomic mass is 16.6. The lowest BCUT2D eigenvalue weighted by Gasteiger charge is -2.09. The molecule has 0 aliphatic heterocycles. The van der Waals surface area contributed by atoms with Crippen molar-refractivity contribution in [3.05, 3.63) is 33.9 Å². The first-order chi connectivity index (χ1) is 9.02. The highest BCUT2D eigenvalue weighted by molar-refractivity contribution is 6.00. The molecule has 0 saturated heterocycles. The van der Waals surface area contributed by atoms with Crippen LogP contribution >= 0.6 is 0 Å². The van der Waals surface area contributed by atoms with Crippen LogP contribution in [0.2, 0.25) is 0 Å². The van der Waals surface area contributed by atoms with Crippen LogP contribution in [-0.2, 0) is 0 Å². The molecule has 1 amide bonds. The normalized spacial score (nSPS) is 20.7. The first-order valence-electron chi connectivity index (χ1n) is 6.06. The zero-order valence-electron chi connectivity index (χ0n) is 10.6. The van der Waals surface area contributed by atoms with Crippen LogP contribution in [0.15, 0.2) is 18.2 Å². The van der Waals surface area contributed by atoms with Crippen LogP contribution in [0.4, 0.5) is 11.4 Å². The fourth-order valence-electron chi connectivity index (χ4n) is 1.96. The third kappa shape index (κ3) is 3.00. The van der Waals surface area contributed by atoms with Gasteiger partial charge >= 0.3 is 0 Å². The molecule has 2 unspecified atom stereocenters.